The Morgan fingerprint density at radius 2 is 1.74 bits per heavy atom. The maximum Gasteiger partial charge on any atom is 0.245 e. The summed E-state index contributed by atoms with van der Waals surface area (Å²) in [6.45, 7) is 5.49. The summed E-state index contributed by atoms with van der Waals surface area (Å²) < 4.78 is 51.6. The first-order valence-electron chi connectivity index (χ1n) is 11.8. The molecule has 1 fully saturated rings. The molecule has 1 aliphatic rings. The molecule has 3 aromatic rings. The highest BCUT2D eigenvalue weighted by Crippen LogP contribution is 2.41. The van der Waals surface area contributed by atoms with E-state index in [1.807, 2.05) is 13.8 Å². The number of nitrogens with zero attached hydrogens (tertiary/aromatic N) is 7. The Hall–Kier alpha value is -2.94. The van der Waals surface area contributed by atoms with Crippen molar-refractivity contribution in [1.29, 1.82) is 0 Å². The first-order valence-corrected chi connectivity index (χ1v) is 13.9. The molecule has 0 aromatic carbocycles. The molecule has 0 bridgehead atoms. The van der Waals surface area contributed by atoms with Gasteiger partial charge in [0.25, 0.3) is 0 Å². The van der Waals surface area contributed by atoms with Crippen molar-refractivity contribution in [3.63, 3.8) is 0 Å². The van der Waals surface area contributed by atoms with Crippen LogP contribution in [0.1, 0.15) is 63.3 Å². The van der Waals surface area contributed by atoms with Gasteiger partial charge < -0.3 is 18.9 Å². The predicted octanol–water partition coefficient (Wildman–Crippen LogP) is 2.84. The summed E-state index contributed by atoms with van der Waals surface area (Å²) in [6, 6.07) is 0. The number of aromatic nitrogens is 7. The van der Waals surface area contributed by atoms with Crippen molar-refractivity contribution in [2.75, 3.05) is 21.3 Å². The van der Waals surface area contributed by atoms with Crippen molar-refractivity contribution in [3.8, 4) is 17.4 Å². The van der Waals surface area contributed by atoms with Gasteiger partial charge in [0, 0.05) is 19.5 Å². The zero-order chi connectivity index (χ0) is 27.7. The molecule has 206 valence electrons. The smallest absolute Gasteiger partial charge is 0.245 e. The van der Waals surface area contributed by atoms with E-state index in [2.05, 4.69) is 30.1 Å². The van der Waals surface area contributed by atoms with Gasteiger partial charge in [0.2, 0.25) is 11.8 Å². The molecule has 3 aromatic heterocycles. The lowest BCUT2D eigenvalue weighted by atomic mass is 10.1. The van der Waals surface area contributed by atoms with E-state index < -0.39 is 33.0 Å². The van der Waals surface area contributed by atoms with Crippen molar-refractivity contribution < 1.29 is 27.4 Å². The summed E-state index contributed by atoms with van der Waals surface area (Å²) in [5.74, 6) is 0.517. The zero-order valence-electron chi connectivity index (χ0n) is 22.0. The van der Waals surface area contributed by atoms with Gasteiger partial charge in [0.15, 0.2) is 33.0 Å². The first-order chi connectivity index (χ1) is 18.0. The van der Waals surface area contributed by atoms with E-state index in [1.165, 1.54) is 47.0 Å². The van der Waals surface area contributed by atoms with Crippen molar-refractivity contribution in [1.82, 2.24) is 34.7 Å². The van der Waals surface area contributed by atoms with Crippen LogP contribution in [0, 0.1) is 0 Å². The van der Waals surface area contributed by atoms with Gasteiger partial charge in [-0.3, -0.25) is 4.57 Å². The molecular formula is C23H30ClN7O6S. The maximum atomic E-state index is 13.7. The van der Waals surface area contributed by atoms with Gasteiger partial charge in [0.05, 0.1) is 30.1 Å². The third kappa shape index (κ3) is 5.58. The lowest BCUT2D eigenvalue weighted by Crippen LogP contribution is -2.30. The summed E-state index contributed by atoms with van der Waals surface area (Å²) in [5.41, 5.74) is -0.110. The number of halogens is 1. The molecule has 1 aliphatic heterocycles. The Balaban J connectivity index is 1.79. The molecule has 3 atom stereocenters. The summed E-state index contributed by atoms with van der Waals surface area (Å²) >= 11 is 5.89. The van der Waals surface area contributed by atoms with Crippen LogP contribution in [0.3, 0.4) is 0 Å². The predicted molar refractivity (Wildman–Crippen MR) is 136 cm³/mol. The van der Waals surface area contributed by atoms with Crippen molar-refractivity contribution in [3.05, 3.63) is 41.2 Å². The lowest BCUT2D eigenvalue weighted by molar-refractivity contribution is -0.0207. The fourth-order valence-electron chi connectivity index (χ4n) is 4.35. The molecule has 0 radical (unpaired) electrons. The standard InChI is InChI=1S/C23H30ClN7O6S/c1-13(18(34-4)19-25-9-14(24)10-26-19)38(32,33)11-16-29-30-20(15-7-8-23(2,3)37-15)31(16)17-21(35-5)27-12-28-22(17)36-6/h9-10,12-13,15,18H,7-8,11H2,1-6H3/t13-,15-,18-/m0/s1. The third-order valence-corrected chi connectivity index (χ3v) is 8.59. The minimum atomic E-state index is -3.91. The van der Waals surface area contributed by atoms with Crippen molar-refractivity contribution >= 4 is 21.4 Å². The van der Waals surface area contributed by atoms with Gasteiger partial charge >= 0.3 is 0 Å². The topological polar surface area (TPSA) is 153 Å². The molecule has 0 amide bonds. The molecule has 38 heavy (non-hydrogen) atoms. The van der Waals surface area contributed by atoms with E-state index in [0.717, 1.165) is 6.42 Å². The van der Waals surface area contributed by atoms with Gasteiger partial charge in [-0.2, -0.15) is 9.97 Å². The Labute approximate surface area is 225 Å². The fourth-order valence-corrected chi connectivity index (χ4v) is 5.87. The van der Waals surface area contributed by atoms with E-state index in [1.54, 1.807) is 4.57 Å². The highest BCUT2D eigenvalue weighted by molar-refractivity contribution is 7.91. The van der Waals surface area contributed by atoms with Crippen LogP contribution in [-0.4, -0.2) is 75.3 Å². The number of ether oxygens (including phenoxy) is 4. The third-order valence-electron chi connectivity index (χ3n) is 6.35. The van der Waals surface area contributed by atoms with E-state index in [-0.39, 0.29) is 34.7 Å². The molecule has 0 spiro atoms. The minimum absolute atomic E-state index is 0.110. The number of sulfone groups is 1. The highest BCUT2D eigenvalue weighted by atomic mass is 35.5. The number of hydrogen-bond donors (Lipinski definition) is 0. The second-order valence-corrected chi connectivity index (χ2v) is 12.2. The van der Waals surface area contributed by atoms with Gasteiger partial charge in [-0.05, 0) is 33.6 Å². The Bertz CT molecular complexity index is 1360. The van der Waals surface area contributed by atoms with Gasteiger partial charge in [-0.15, -0.1) is 10.2 Å². The maximum absolute atomic E-state index is 13.7. The van der Waals surface area contributed by atoms with E-state index in [4.69, 9.17) is 30.5 Å². The Morgan fingerprint density at radius 1 is 1.11 bits per heavy atom. The highest BCUT2D eigenvalue weighted by Gasteiger charge is 2.39. The SMILES string of the molecule is COc1ncnc(OC)c1-n1c(CS(=O)(=O)[C@@H](C)[C@H](OC)c2ncc(Cl)cn2)nnc1[C@@H]1CCC(C)(C)O1. The van der Waals surface area contributed by atoms with E-state index >= 15 is 0 Å². The molecular weight excluding hydrogens is 538 g/mol. The Morgan fingerprint density at radius 3 is 2.26 bits per heavy atom. The summed E-state index contributed by atoms with van der Waals surface area (Å²) in [7, 11) is 0.370. The van der Waals surface area contributed by atoms with Gasteiger partial charge in [0.1, 0.15) is 24.3 Å². The summed E-state index contributed by atoms with van der Waals surface area (Å²) in [4.78, 5) is 16.7. The summed E-state index contributed by atoms with van der Waals surface area (Å²) in [5, 5.41) is 7.91. The summed E-state index contributed by atoms with van der Waals surface area (Å²) in [6.07, 6.45) is 4.10. The van der Waals surface area contributed by atoms with Crippen LogP contribution >= 0.6 is 11.6 Å². The van der Waals surface area contributed by atoms with Crippen molar-refractivity contribution in [2.45, 2.75) is 62.4 Å². The van der Waals surface area contributed by atoms with Crippen LogP contribution in [0.2, 0.25) is 5.02 Å². The monoisotopic (exact) mass is 567 g/mol. The molecule has 0 aliphatic carbocycles. The zero-order valence-corrected chi connectivity index (χ0v) is 23.5. The number of hydrogen-bond acceptors (Lipinski definition) is 12. The first kappa shape index (κ1) is 28.1. The quantitative estimate of drug-likeness (QED) is 0.354. The van der Waals surface area contributed by atoms with Crippen LogP contribution in [0.4, 0.5) is 0 Å². The van der Waals surface area contributed by atoms with Crippen LogP contribution in [0.25, 0.3) is 5.69 Å². The van der Waals surface area contributed by atoms with E-state index in [9.17, 15) is 8.42 Å². The lowest BCUT2D eigenvalue weighted by Gasteiger charge is -2.22. The molecule has 4 rings (SSSR count). The second kappa shape index (κ2) is 11.0. The average molecular weight is 568 g/mol. The second-order valence-electron chi connectivity index (χ2n) is 9.38. The normalized spacial score (nSPS) is 18.8. The molecule has 0 saturated carbocycles. The minimum Gasteiger partial charge on any atom is -0.479 e. The van der Waals surface area contributed by atoms with Crippen LogP contribution in [0.5, 0.6) is 11.8 Å². The van der Waals surface area contributed by atoms with Crippen molar-refractivity contribution in [2.24, 2.45) is 0 Å². The molecule has 0 N–H and O–H groups in total. The molecule has 15 heteroatoms. The van der Waals surface area contributed by atoms with Gasteiger partial charge in [-0.1, -0.05) is 11.6 Å². The number of rotatable bonds is 10. The Kier molecular flexibility index (Phi) is 8.16. The molecule has 4 heterocycles. The van der Waals surface area contributed by atoms with Crippen LogP contribution in [-0.2, 0) is 25.1 Å². The molecule has 0 unspecified atom stereocenters. The van der Waals surface area contributed by atoms with Crippen LogP contribution in [0.15, 0.2) is 18.7 Å². The fraction of sp³-hybridized carbons (Fsp3) is 0.565. The van der Waals surface area contributed by atoms with Gasteiger partial charge in [-0.25, -0.2) is 18.4 Å². The molecule has 1 saturated heterocycles. The number of methoxy groups -OCH3 is 3. The van der Waals surface area contributed by atoms with E-state index in [0.29, 0.717) is 17.3 Å². The largest absolute Gasteiger partial charge is 0.479 e. The van der Waals surface area contributed by atoms with Crippen LogP contribution < -0.4 is 9.47 Å². The molecule has 13 nitrogen and oxygen atoms in total. The average Bonchev–Trinajstić information content (AvgIpc) is 3.46.